The first-order valence-corrected chi connectivity index (χ1v) is 13.3. The van der Waals surface area contributed by atoms with Crippen LogP contribution in [0.4, 0.5) is 5.69 Å². The number of benzene rings is 4. The summed E-state index contributed by atoms with van der Waals surface area (Å²) in [5.74, 6) is 1.72. The van der Waals surface area contributed by atoms with Gasteiger partial charge in [-0.3, -0.25) is 0 Å². The SMILES string of the molecule is CC(C)c1cccc(C(C)C)c1NC(=NP(c1ccccc1)c1ccccc1)c1ccccc1. The average Bonchev–Trinajstić information content (AvgIpc) is 2.87. The minimum atomic E-state index is -0.935. The van der Waals surface area contributed by atoms with Crippen LogP contribution < -0.4 is 15.9 Å². The van der Waals surface area contributed by atoms with Gasteiger partial charge in [-0.2, -0.15) is 0 Å². The molecule has 0 saturated heterocycles. The minimum Gasteiger partial charge on any atom is -0.339 e. The molecule has 4 rings (SSSR count). The maximum Gasteiger partial charge on any atom is 0.137 e. The van der Waals surface area contributed by atoms with Crippen molar-refractivity contribution in [1.82, 2.24) is 0 Å². The van der Waals surface area contributed by atoms with Gasteiger partial charge in [-0.25, -0.2) is 4.76 Å². The summed E-state index contributed by atoms with van der Waals surface area (Å²) in [6, 6.07) is 38.4. The van der Waals surface area contributed by atoms with Crippen LogP contribution in [-0.4, -0.2) is 5.84 Å². The Morgan fingerprint density at radius 2 is 1.03 bits per heavy atom. The van der Waals surface area contributed by atoms with Crippen LogP contribution in [0.25, 0.3) is 0 Å². The topological polar surface area (TPSA) is 24.4 Å². The van der Waals surface area contributed by atoms with E-state index in [9.17, 15) is 0 Å². The minimum absolute atomic E-state index is 0.406. The van der Waals surface area contributed by atoms with Crippen molar-refractivity contribution in [2.75, 3.05) is 5.32 Å². The molecule has 0 unspecified atom stereocenters. The lowest BCUT2D eigenvalue weighted by atomic mass is 9.92. The fourth-order valence-electron chi connectivity index (χ4n) is 4.07. The predicted molar refractivity (Wildman–Crippen MR) is 150 cm³/mol. The number of para-hydroxylation sites is 1. The molecule has 0 amide bonds. The highest BCUT2D eigenvalue weighted by molar-refractivity contribution is 7.72. The molecule has 172 valence electrons. The van der Waals surface area contributed by atoms with E-state index in [4.69, 9.17) is 4.76 Å². The Balaban J connectivity index is 1.90. The zero-order valence-electron chi connectivity index (χ0n) is 20.4. The summed E-state index contributed by atoms with van der Waals surface area (Å²) < 4.78 is 5.45. The second-order valence-corrected chi connectivity index (χ2v) is 10.9. The van der Waals surface area contributed by atoms with Gasteiger partial charge in [0.1, 0.15) is 5.84 Å². The van der Waals surface area contributed by atoms with Crippen molar-refractivity contribution in [3.05, 3.63) is 126 Å². The molecule has 0 aromatic heterocycles. The lowest BCUT2D eigenvalue weighted by Crippen LogP contribution is -2.19. The van der Waals surface area contributed by atoms with E-state index in [-0.39, 0.29) is 0 Å². The fourth-order valence-corrected chi connectivity index (χ4v) is 5.87. The van der Waals surface area contributed by atoms with Gasteiger partial charge in [0.05, 0.1) is 8.07 Å². The quantitative estimate of drug-likeness (QED) is 0.168. The third kappa shape index (κ3) is 5.64. The summed E-state index contributed by atoms with van der Waals surface area (Å²) in [6.07, 6.45) is 0. The van der Waals surface area contributed by atoms with E-state index < -0.39 is 8.07 Å². The summed E-state index contributed by atoms with van der Waals surface area (Å²) in [4.78, 5) is 0. The molecule has 0 spiro atoms. The smallest absolute Gasteiger partial charge is 0.137 e. The molecule has 0 aliphatic rings. The van der Waals surface area contributed by atoms with Crippen molar-refractivity contribution in [1.29, 1.82) is 0 Å². The molecule has 0 saturated carbocycles. The van der Waals surface area contributed by atoms with Crippen LogP contribution in [0, 0.1) is 0 Å². The van der Waals surface area contributed by atoms with Crippen molar-refractivity contribution in [2.24, 2.45) is 4.76 Å². The largest absolute Gasteiger partial charge is 0.339 e. The summed E-state index contributed by atoms with van der Waals surface area (Å²) in [5, 5.41) is 6.30. The van der Waals surface area contributed by atoms with E-state index >= 15 is 0 Å². The lowest BCUT2D eigenvalue weighted by Gasteiger charge is -2.23. The monoisotopic (exact) mass is 464 g/mol. The Labute approximate surface area is 205 Å². The summed E-state index contributed by atoms with van der Waals surface area (Å²) in [6.45, 7) is 9.02. The van der Waals surface area contributed by atoms with Crippen molar-refractivity contribution in [2.45, 2.75) is 39.5 Å². The molecule has 4 aromatic rings. The van der Waals surface area contributed by atoms with Gasteiger partial charge in [-0.05, 0) is 23.0 Å². The molecule has 4 aromatic carbocycles. The van der Waals surface area contributed by atoms with E-state index in [0.29, 0.717) is 11.8 Å². The number of nitrogens with one attached hydrogen (secondary N) is 1. The maximum atomic E-state index is 5.45. The molecule has 0 radical (unpaired) electrons. The average molecular weight is 465 g/mol. The highest BCUT2D eigenvalue weighted by Gasteiger charge is 2.19. The van der Waals surface area contributed by atoms with Crippen LogP contribution in [0.5, 0.6) is 0 Å². The van der Waals surface area contributed by atoms with Gasteiger partial charge in [0.2, 0.25) is 0 Å². The van der Waals surface area contributed by atoms with Crippen molar-refractivity contribution in [3.8, 4) is 0 Å². The number of amidine groups is 1. The van der Waals surface area contributed by atoms with Crippen molar-refractivity contribution >= 4 is 30.2 Å². The van der Waals surface area contributed by atoms with Crippen LogP contribution in [0.2, 0.25) is 0 Å². The van der Waals surface area contributed by atoms with Gasteiger partial charge in [0.25, 0.3) is 0 Å². The number of anilines is 1. The van der Waals surface area contributed by atoms with E-state index in [0.717, 1.165) is 11.4 Å². The molecule has 0 heterocycles. The molecule has 34 heavy (non-hydrogen) atoms. The predicted octanol–water partition coefficient (Wildman–Crippen LogP) is 7.84. The van der Waals surface area contributed by atoms with Crippen LogP contribution in [-0.2, 0) is 0 Å². The van der Waals surface area contributed by atoms with E-state index in [1.807, 2.05) is 0 Å². The van der Waals surface area contributed by atoms with E-state index in [2.05, 4.69) is 142 Å². The first-order chi connectivity index (χ1) is 16.5. The second-order valence-electron chi connectivity index (χ2n) is 9.04. The van der Waals surface area contributed by atoms with Crippen molar-refractivity contribution in [3.63, 3.8) is 0 Å². The number of nitrogens with zero attached hydrogens (tertiary/aromatic N) is 1. The van der Waals surface area contributed by atoms with Gasteiger partial charge in [-0.1, -0.05) is 137 Å². The molecule has 2 nitrogen and oxygen atoms in total. The Kier molecular flexibility index (Phi) is 7.93. The Morgan fingerprint density at radius 1 is 0.588 bits per heavy atom. The summed E-state index contributed by atoms with van der Waals surface area (Å²) in [7, 11) is -0.935. The Hall–Kier alpha value is -3.22. The third-order valence-corrected chi connectivity index (χ3v) is 7.84. The third-order valence-electron chi connectivity index (χ3n) is 5.87. The van der Waals surface area contributed by atoms with Crippen LogP contribution in [0.15, 0.2) is 114 Å². The molecule has 1 N–H and O–H groups in total. The van der Waals surface area contributed by atoms with Gasteiger partial charge < -0.3 is 5.32 Å². The number of hydrogen-bond acceptors (Lipinski definition) is 1. The van der Waals surface area contributed by atoms with Crippen LogP contribution in [0.1, 0.15) is 56.2 Å². The van der Waals surface area contributed by atoms with Crippen molar-refractivity contribution < 1.29 is 0 Å². The first-order valence-electron chi connectivity index (χ1n) is 12.0. The highest BCUT2D eigenvalue weighted by Crippen LogP contribution is 2.38. The molecule has 0 atom stereocenters. The van der Waals surface area contributed by atoms with Gasteiger partial charge in [0.15, 0.2) is 0 Å². The van der Waals surface area contributed by atoms with E-state index in [1.54, 1.807) is 0 Å². The first kappa shape index (κ1) is 23.9. The highest BCUT2D eigenvalue weighted by atomic mass is 31.1. The summed E-state index contributed by atoms with van der Waals surface area (Å²) >= 11 is 0. The zero-order valence-corrected chi connectivity index (χ0v) is 21.3. The maximum absolute atomic E-state index is 5.45. The Bertz CT molecular complexity index is 1150. The zero-order chi connectivity index (χ0) is 23.9. The lowest BCUT2D eigenvalue weighted by molar-refractivity contribution is 0.839. The molecule has 0 aliphatic carbocycles. The Morgan fingerprint density at radius 3 is 1.47 bits per heavy atom. The second kappa shape index (κ2) is 11.3. The van der Waals surface area contributed by atoms with E-state index in [1.165, 1.54) is 27.4 Å². The normalized spacial score (nSPS) is 11.9. The van der Waals surface area contributed by atoms with Crippen LogP contribution in [0.3, 0.4) is 0 Å². The standard InChI is InChI=1S/C31H33N2P/c1-23(2)28-21-14-22-29(24(3)4)30(28)32-31(25-15-8-5-9-16-25)33-34(26-17-10-6-11-18-26)27-19-12-7-13-20-27/h5-24H,1-4H3,(H,32,33). The molecule has 0 fully saturated rings. The summed E-state index contributed by atoms with van der Waals surface area (Å²) in [5.41, 5.74) is 4.92. The van der Waals surface area contributed by atoms with Gasteiger partial charge >= 0.3 is 0 Å². The number of rotatable bonds is 7. The molecule has 0 bridgehead atoms. The fraction of sp³-hybridized carbons (Fsp3) is 0.194. The molecular formula is C31H33N2P. The molecular weight excluding hydrogens is 431 g/mol. The molecule has 3 heteroatoms. The van der Waals surface area contributed by atoms with Crippen LogP contribution >= 0.6 is 8.07 Å². The van der Waals surface area contributed by atoms with Gasteiger partial charge in [-0.15, -0.1) is 0 Å². The van der Waals surface area contributed by atoms with Gasteiger partial charge in [0, 0.05) is 21.9 Å². The number of hydrogen-bond donors (Lipinski definition) is 1. The molecule has 0 aliphatic heterocycles.